The predicted octanol–water partition coefficient (Wildman–Crippen LogP) is 3.68. The van der Waals surface area contributed by atoms with E-state index in [1.54, 1.807) is 0 Å². The second-order valence-electron chi connectivity index (χ2n) is 4.33. The molecule has 1 rings (SSSR count). The van der Waals surface area contributed by atoms with Crippen LogP contribution in [0.4, 0.5) is 18.9 Å². The minimum absolute atomic E-state index is 0.0617. The molecule has 0 aliphatic carbocycles. The topological polar surface area (TPSA) is 62.1 Å². The van der Waals surface area contributed by atoms with E-state index in [0.29, 0.717) is 10.6 Å². The Balaban J connectivity index is 3.06. The summed E-state index contributed by atoms with van der Waals surface area (Å²) in [5.74, 6) is -0.117. The van der Waals surface area contributed by atoms with Gasteiger partial charge in [0.25, 0.3) is 5.91 Å². The average Bonchev–Trinajstić information content (AvgIpc) is 2.46. The first-order valence-electron chi connectivity index (χ1n) is 6.34. The van der Waals surface area contributed by atoms with Crippen LogP contribution in [0.3, 0.4) is 0 Å². The second-order valence-corrected chi connectivity index (χ2v) is 5.47. The lowest BCUT2D eigenvalue weighted by Crippen LogP contribution is -2.27. The number of hydrogen-bond acceptors (Lipinski definition) is 4. The van der Waals surface area contributed by atoms with Gasteiger partial charge in [-0.1, -0.05) is 0 Å². The van der Waals surface area contributed by atoms with Gasteiger partial charge >= 0.3 is 6.18 Å². The SMILES string of the molecule is CO[C@H](C)C(=O)Nc1cc(C(F)(F)F)ccc1SCCC#N. The van der Waals surface area contributed by atoms with Crippen LogP contribution in [0.1, 0.15) is 18.9 Å². The van der Waals surface area contributed by atoms with Crippen molar-refractivity contribution in [1.29, 1.82) is 5.26 Å². The summed E-state index contributed by atoms with van der Waals surface area (Å²) in [6, 6.07) is 5.08. The third kappa shape index (κ3) is 5.24. The van der Waals surface area contributed by atoms with Gasteiger partial charge in [0.1, 0.15) is 6.10 Å². The molecular weight excluding hydrogens is 317 g/mol. The van der Waals surface area contributed by atoms with E-state index < -0.39 is 23.8 Å². The standard InChI is InChI=1S/C14H15F3N2O2S/c1-9(21-2)13(20)19-11-8-10(14(15,16)17)4-5-12(11)22-7-3-6-18/h4-5,8-9H,3,7H2,1-2H3,(H,19,20)/t9-/m1/s1. The highest BCUT2D eigenvalue weighted by atomic mass is 32.2. The number of thioether (sulfide) groups is 1. The molecule has 0 radical (unpaired) electrons. The number of alkyl halides is 3. The molecule has 0 heterocycles. The van der Waals surface area contributed by atoms with Crippen molar-refractivity contribution in [3.05, 3.63) is 23.8 Å². The summed E-state index contributed by atoms with van der Waals surface area (Å²) in [6.45, 7) is 1.49. The van der Waals surface area contributed by atoms with Crippen molar-refractivity contribution < 1.29 is 22.7 Å². The molecule has 0 aliphatic rings. The summed E-state index contributed by atoms with van der Waals surface area (Å²) in [7, 11) is 1.33. The van der Waals surface area contributed by atoms with Crippen LogP contribution < -0.4 is 5.32 Å². The summed E-state index contributed by atoms with van der Waals surface area (Å²) in [6.07, 6.45) is -5.03. The zero-order chi connectivity index (χ0) is 16.8. The van der Waals surface area contributed by atoms with E-state index in [4.69, 9.17) is 10.00 Å². The largest absolute Gasteiger partial charge is 0.416 e. The maximum atomic E-state index is 12.8. The van der Waals surface area contributed by atoms with Crippen molar-refractivity contribution in [2.75, 3.05) is 18.2 Å². The lowest BCUT2D eigenvalue weighted by atomic mass is 10.2. The summed E-state index contributed by atoms with van der Waals surface area (Å²) >= 11 is 1.21. The minimum Gasteiger partial charge on any atom is -0.372 e. The normalized spacial score (nSPS) is 12.5. The van der Waals surface area contributed by atoms with Gasteiger partial charge in [-0.25, -0.2) is 0 Å². The highest BCUT2D eigenvalue weighted by molar-refractivity contribution is 7.99. The lowest BCUT2D eigenvalue weighted by molar-refractivity contribution is -0.137. The number of nitrogens with zero attached hydrogens (tertiary/aromatic N) is 1. The van der Waals surface area contributed by atoms with Gasteiger partial charge in [-0.15, -0.1) is 11.8 Å². The number of ether oxygens (including phenoxy) is 1. The molecule has 1 N–H and O–H groups in total. The third-order valence-corrected chi connectivity index (χ3v) is 3.83. The molecule has 1 aromatic rings. The van der Waals surface area contributed by atoms with Gasteiger partial charge in [-0.2, -0.15) is 18.4 Å². The van der Waals surface area contributed by atoms with Crippen LogP contribution >= 0.6 is 11.8 Å². The van der Waals surface area contributed by atoms with E-state index in [1.165, 1.54) is 31.9 Å². The minimum atomic E-state index is -4.50. The maximum Gasteiger partial charge on any atom is 0.416 e. The molecule has 22 heavy (non-hydrogen) atoms. The first kappa shape index (κ1) is 18.3. The third-order valence-electron chi connectivity index (χ3n) is 2.76. The molecule has 0 fully saturated rings. The molecule has 0 aliphatic heterocycles. The number of nitriles is 1. The Bertz CT molecular complexity index is 570. The Labute approximate surface area is 130 Å². The smallest absolute Gasteiger partial charge is 0.372 e. The van der Waals surface area contributed by atoms with Crippen LogP contribution in [0.25, 0.3) is 0 Å². The summed E-state index contributed by atoms with van der Waals surface area (Å²) in [5.41, 5.74) is -0.788. The van der Waals surface area contributed by atoms with E-state index >= 15 is 0 Å². The molecule has 1 amide bonds. The van der Waals surface area contributed by atoms with Gasteiger partial charge in [0.2, 0.25) is 0 Å². The van der Waals surface area contributed by atoms with Crippen LogP contribution in [0.2, 0.25) is 0 Å². The van der Waals surface area contributed by atoms with Crippen molar-refractivity contribution in [2.24, 2.45) is 0 Å². The molecule has 0 spiro atoms. The number of benzene rings is 1. The zero-order valence-corrected chi connectivity index (χ0v) is 12.8. The molecule has 4 nitrogen and oxygen atoms in total. The van der Waals surface area contributed by atoms with Crippen LogP contribution in [0, 0.1) is 11.3 Å². The Morgan fingerprint density at radius 1 is 1.50 bits per heavy atom. The number of rotatable bonds is 6. The molecule has 120 valence electrons. The number of carbonyl (C=O) groups excluding carboxylic acids is 1. The highest BCUT2D eigenvalue weighted by Crippen LogP contribution is 2.35. The van der Waals surface area contributed by atoms with Crippen LogP contribution in [0.15, 0.2) is 23.1 Å². The zero-order valence-electron chi connectivity index (χ0n) is 12.0. The quantitative estimate of drug-likeness (QED) is 0.637. The van der Waals surface area contributed by atoms with Crippen molar-refractivity contribution in [3.63, 3.8) is 0 Å². The maximum absolute atomic E-state index is 12.8. The fourth-order valence-electron chi connectivity index (χ4n) is 1.48. The molecule has 0 bridgehead atoms. The van der Waals surface area contributed by atoms with Crippen molar-refractivity contribution >= 4 is 23.4 Å². The van der Waals surface area contributed by atoms with E-state index in [-0.39, 0.29) is 12.1 Å². The molecule has 1 atom stereocenters. The van der Waals surface area contributed by atoms with Gasteiger partial charge < -0.3 is 10.1 Å². The number of amides is 1. The predicted molar refractivity (Wildman–Crippen MR) is 77.5 cm³/mol. The van der Waals surface area contributed by atoms with Gasteiger partial charge in [0.15, 0.2) is 0 Å². The summed E-state index contributed by atoms with van der Waals surface area (Å²) < 4.78 is 43.2. The Morgan fingerprint density at radius 3 is 2.73 bits per heavy atom. The molecule has 0 aromatic heterocycles. The number of nitrogens with one attached hydrogen (secondary N) is 1. The summed E-state index contributed by atoms with van der Waals surface area (Å²) in [5, 5.41) is 10.9. The number of halogens is 3. The Morgan fingerprint density at radius 2 is 2.18 bits per heavy atom. The first-order chi connectivity index (χ1) is 10.3. The van der Waals surface area contributed by atoms with Crippen molar-refractivity contribution in [1.82, 2.24) is 0 Å². The van der Waals surface area contributed by atoms with Crippen molar-refractivity contribution in [3.8, 4) is 6.07 Å². The van der Waals surface area contributed by atoms with Gasteiger partial charge in [0, 0.05) is 24.2 Å². The fourth-order valence-corrected chi connectivity index (χ4v) is 2.32. The van der Waals surface area contributed by atoms with E-state index in [1.807, 2.05) is 6.07 Å². The second kappa shape index (κ2) is 8.06. The van der Waals surface area contributed by atoms with Crippen molar-refractivity contribution in [2.45, 2.75) is 30.5 Å². The number of anilines is 1. The van der Waals surface area contributed by atoms with Gasteiger partial charge in [0.05, 0.1) is 17.3 Å². The van der Waals surface area contributed by atoms with Crippen LogP contribution in [0.5, 0.6) is 0 Å². The van der Waals surface area contributed by atoms with E-state index in [9.17, 15) is 18.0 Å². The number of hydrogen-bond donors (Lipinski definition) is 1. The van der Waals surface area contributed by atoms with Gasteiger partial charge in [-0.3, -0.25) is 4.79 Å². The fraction of sp³-hybridized carbons (Fsp3) is 0.429. The Kier molecular flexibility index (Phi) is 6.71. The molecule has 0 saturated heterocycles. The molecular formula is C14H15F3N2O2S. The van der Waals surface area contributed by atoms with Crippen LogP contribution in [-0.2, 0) is 15.7 Å². The molecule has 0 saturated carbocycles. The van der Waals surface area contributed by atoms with Crippen LogP contribution in [-0.4, -0.2) is 24.9 Å². The summed E-state index contributed by atoms with van der Waals surface area (Å²) in [4.78, 5) is 12.3. The number of methoxy groups -OCH3 is 1. The van der Waals surface area contributed by atoms with Gasteiger partial charge in [-0.05, 0) is 25.1 Å². The lowest BCUT2D eigenvalue weighted by Gasteiger charge is -2.16. The Hall–Kier alpha value is -1.72. The molecule has 8 heteroatoms. The monoisotopic (exact) mass is 332 g/mol. The van der Waals surface area contributed by atoms with E-state index in [0.717, 1.165) is 12.1 Å². The molecule has 0 unspecified atom stereocenters. The number of carbonyl (C=O) groups is 1. The average molecular weight is 332 g/mol. The first-order valence-corrected chi connectivity index (χ1v) is 7.32. The highest BCUT2D eigenvalue weighted by Gasteiger charge is 2.31. The van der Waals surface area contributed by atoms with E-state index in [2.05, 4.69) is 5.32 Å². The molecule has 1 aromatic carbocycles.